The van der Waals surface area contributed by atoms with Crippen LogP contribution in [0.3, 0.4) is 0 Å². The van der Waals surface area contributed by atoms with E-state index in [-0.39, 0.29) is 24.6 Å². The summed E-state index contributed by atoms with van der Waals surface area (Å²) in [4.78, 5) is 19.1. The van der Waals surface area contributed by atoms with Crippen molar-refractivity contribution in [1.29, 1.82) is 0 Å². The molecule has 0 saturated heterocycles. The molecule has 2 heterocycles. The quantitative estimate of drug-likeness (QED) is 0.529. The van der Waals surface area contributed by atoms with Crippen LogP contribution < -0.4 is 9.64 Å². The van der Waals surface area contributed by atoms with Gasteiger partial charge in [-0.15, -0.1) is 0 Å². The second kappa shape index (κ2) is 7.83. The standard InChI is InChI=1S/C22H18BrFN2O3/c1-13-11-25-22(29-13)16-8-15-4-5-17(23)10-19(15)26(21(27)9-16)12-14-3-6-20(28-2)18(24)7-14/h3-8,10-11H,9,12H2,1-2H3. The van der Waals surface area contributed by atoms with Gasteiger partial charge in [-0.25, -0.2) is 9.37 Å². The first-order valence-corrected chi connectivity index (χ1v) is 9.79. The zero-order valence-electron chi connectivity index (χ0n) is 15.9. The molecule has 7 heteroatoms. The Bertz CT molecular complexity index is 1120. The third-order valence-corrected chi connectivity index (χ3v) is 5.20. The first kappa shape index (κ1) is 19.4. The SMILES string of the molecule is COc1ccc(CN2C(=O)CC(c3ncc(C)o3)=Cc3ccc(Br)cc32)cc1F. The number of oxazole rings is 1. The van der Waals surface area contributed by atoms with E-state index in [4.69, 9.17) is 9.15 Å². The van der Waals surface area contributed by atoms with Crippen molar-refractivity contribution in [2.24, 2.45) is 0 Å². The molecule has 0 saturated carbocycles. The van der Waals surface area contributed by atoms with E-state index in [0.717, 1.165) is 15.7 Å². The molecular formula is C22H18BrFN2O3. The Morgan fingerprint density at radius 1 is 1.28 bits per heavy atom. The average molecular weight is 457 g/mol. The molecule has 0 atom stereocenters. The summed E-state index contributed by atoms with van der Waals surface area (Å²) in [6.45, 7) is 2.04. The highest BCUT2D eigenvalue weighted by molar-refractivity contribution is 9.10. The van der Waals surface area contributed by atoms with E-state index < -0.39 is 5.82 Å². The molecule has 1 amide bonds. The number of carbonyl (C=O) groups is 1. The van der Waals surface area contributed by atoms with Gasteiger partial charge in [0.1, 0.15) is 5.76 Å². The number of aromatic nitrogens is 1. The van der Waals surface area contributed by atoms with Crippen molar-refractivity contribution < 1.29 is 18.3 Å². The van der Waals surface area contributed by atoms with Crippen LogP contribution in [-0.2, 0) is 11.3 Å². The Kier molecular flexibility index (Phi) is 5.24. The number of benzene rings is 2. The van der Waals surface area contributed by atoms with Gasteiger partial charge in [-0.05, 0) is 48.4 Å². The molecule has 2 aromatic carbocycles. The molecule has 0 radical (unpaired) electrons. The lowest BCUT2D eigenvalue weighted by molar-refractivity contribution is -0.117. The van der Waals surface area contributed by atoms with E-state index in [1.54, 1.807) is 23.2 Å². The second-order valence-electron chi connectivity index (χ2n) is 6.77. The van der Waals surface area contributed by atoms with Crippen molar-refractivity contribution in [3.63, 3.8) is 0 Å². The maximum Gasteiger partial charge on any atom is 0.231 e. The molecule has 0 unspecified atom stereocenters. The van der Waals surface area contributed by atoms with Crippen LogP contribution in [0.15, 0.2) is 51.5 Å². The zero-order chi connectivity index (χ0) is 20.5. The van der Waals surface area contributed by atoms with Gasteiger partial charge in [0.2, 0.25) is 11.8 Å². The number of fused-ring (bicyclic) bond motifs is 1. The van der Waals surface area contributed by atoms with Crippen LogP contribution in [0.4, 0.5) is 10.1 Å². The van der Waals surface area contributed by atoms with Gasteiger partial charge in [0.25, 0.3) is 0 Å². The Labute approximate surface area is 175 Å². The predicted octanol–water partition coefficient (Wildman–Crippen LogP) is 5.37. The Morgan fingerprint density at radius 2 is 2.10 bits per heavy atom. The molecule has 0 spiro atoms. The van der Waals surface area contributed by atoms with E-state index in [1.807, 2.05) is 31.2 Å². The largest absolute Gasteiger partial charge is 0.494 e. The first-order valence-electron chi connectivity index (χ1n) is 9.00. The molecule has 0 aliphatic carbocycles. The molecule has 0 bridgehead atoms. The molecule has 4 rings (SSSR count). The molecule has 5 nitrogen and oxygen atoms in total. The lowest BCUT2D eigenvalue weighted by Gasteiger charge is -2.23. The van der Waals surface area contributed by atoms with Crippen LogP contribution in [0.1, 0.15) is 29.2 Å². The van der Waals surface area contributed by atoms with Crippen molar-refractivity contribution in [2.75, 3.05) is 12.0 Å². The van der Waals surface area contributed by atoms with Crippen molar-refractivity contribution in [2.45, 2.75) is 19.9 Å². The Hall–Kier alpha value is -2.93. The molecule has 29 heavy (non-hydrogen) atoms. The minimum Gasteiger partial charge on any atom is -0.494 e. The van der Waals surface area contributed by atoms with Gasteiger partial charge in [0, 0.05) is 10.0 Å². The summed E-state index contributed by atoms with van der Waals surface area (Å²) in [7, 11) is 1.42. The van der Waals surface area contributed by atoms with E-state index in [9.17, 15) is 9.18 Å². The number of hydrogen-bond donors (Lipinski definition) is 0. The number of carbonyl (C=O) groups excluding carboxylic acids is 1. The van der Waals surface area contributed by atoms with Gasteiger partial charge >= 0.3 is 0 Å². The lowest BCUT2D eigenvalue weighted by atomic mass is 10.1. The number of amides is 1. The molecule has 148 valence electrons. The van der Waals surface area contributed by atoms with E-state index >= 15 is 0 Å². The van der Waals surface area contributed by atoms with E-state index in [2.05, 4.69) is 20.9 Å². The molecular weight excluding hydrogens is 439 g/mol. The fourth-order valence-corrected chi connectivity index (χ4v) is 3.66. The highest BCUT2D eigenvalue weighted by atomic mass is 79.9. The summed E-state index contributed by atoms with van der Waals surface area (Å²) in [5, 5.41) is 0. The van der Waals surface area contributed by atoms with Crippen LogP contribution in [0.5, 0.6) is 5.75 Å². The Balaban J connectivity index is 1.74. The number of methoxy groups -OCH3 is 1. The number of nitrogens with zero attached hydrogens (tertiary/aromatic N) is 2. The number of rotatable bonds is 4. The molecule has 1 aliphatic rings. The molecule has 1 aliphatic heterocycles. The maximum atomic E-state index is 14.2. The zero-order valence-corrected chi connectivity index (χ0v) is 17.5. The predicted molar refractivity (Wildman–Crippen MR) is 112 cm³/mol. The van der Waals surface area contributed by atoms with E-state index in [1.165, 1.54) is 13.2 Å². The van der Waals surface area contributed by atoms with Crippen molar-refractivity contribution >= 4 is 39.2 Å². The average Bonchev–Trinajstić information content (AvgIpc) is 3.08. The van der Waals surface area contributed by atoms with Crippen LogP contribution in [-0.4, -0.2) is 18.0 Å². The van der Waals surface area contributed by atoms with Gasteiger partial charge in [0.05, 0.1) is 32.0 Å². The van der Waals surface area contributed by atoms with Gasteiger partial charge < -0.3 is 14.1 Å². The fourth-order valence-electron chi connectivity index (χ4n) is 3.31. The summed E-state index contributed by atoms with van der Waals surface area (Å²) in [5.74, 6) is 0.694. The topological polar surface area (TPSA) is 55.6 Å². The van der Waals surface area contributed by atoms with Crippen LogP contribution >= 0.6 is 15.9 Å². The minimum absolute atomic E-state index is 0.125. The number of hydrogen-bond acceptors (Lipinski definition) is 4. The van der Waals surface area contributed by atoms with Crippen LogP contribution in [0.25, 0.3) is 11.6 Å². The number of halogens is 2. The Morgan fingerprint density at radius 3 is 2.79 bits per heavy atom. The lowest BCUT2D eigenvalue weighted by Crippen LogP contribution is -2.30. The normalized spacial score (nSPS) is 13.7. The van der Waals surface area contributed by atoms with Gasteiger partial charge in [-0.2, -0.15) is 0 Å². The third kappa shape index (κ3) is 3.96. The smallest absolute Gasteiger partial charge is 0.231 e. The summed E-state index contributed by atoms with van der Waals surface area (Å²) in [5.41, 5.74) is 2.96. The van der Waals surface area contributed by atoms with Gasteiger partial charge in [-0.1, -0.05) is 28.1 Å². The minimum atomic E-state index is -0.462. The third-order valence-electron chi connectivity index (χ3n) is 4.71. The summed E-state index contributed by atoms with van der Waals surface area (Å²) in [6, 6.07) is 10.4. The molecule has 1 aromatic heterocycles. The monoisotopic (exact) mass is 456 g/mol. The van der Waals surface area contributed by atoms with Crippen molar-refractivity contribution in [3.8, 4) is 5.75 Å². The molecule has 0 fully saturated rings. The maximum absolute atomic E-state index is 14.2. The van der Waals surface area contributed by atoms with Gasteiger partial charge in [0.15, 0.2) is 11.6 Å². The molecule has 3 aromatic rings. The number of aryl methyl sites for hydroxylation is 1. The highest BCUT2D eigenvalue weighted by Crippen LogP contribution is 2.35. The highest BCUT2D eigenvalue weighted by Gasteiger charge is 2.26. The van der Waals surface area contributed by atoms with Crippen LogP contribution in [0, 0.1) is 12.7 Å². The van der Waals surface area contributed by atoms with Crippen molar-refractivity contribution in [1.82, 2.24) is 4.98 Å². The van der Waals surface area contributed by atoms with E-state index in [0.29, 0.717) is 22.8 Å². The fraction of sp³-hybridized carbons (Fsp3) is 0.182. The summed E-state index contributed by atoms with van der Waals surface area (Å²) in [6.07, 6.45) is 3.68. The molecule has 0 N–H and O–H groups in total. The number of ether oxygens (including phenoxy) is 1. The summed E-state index contributed by atoms with van der Waals surface area (Å²) >= 11 is 3.48. The summed E-state index contributed by atoms with van der Waals surface area (Å²) < 4.78 is 25.6. The second-order valence-corrected chi connectivity index (χ2v) is 7.69. The van der Waals surface area contributed by atoms with Gasteiger partial charge in [-0.3, -0.25) is 4.79 Å². The number of anilines is 1. The first-order chi connectivity index (χ1) is 13.9. The van der Waals surface area contributed by atoms with Crippen LogP contribution in [0.2, 0.25) is 0 Å². The van der Waals surface area contributed by atoms with Crippen molar-refractivity contribution in [3.05, 3.63) is 75.7 Å².